The fourth-order valence-corrected chi connectivity index (χ4v) is 3.27. The van der Waals surface area contributed by atoms with Crippen LogP contribution in [0, 0.1) is 0 Å². The Morgan fingerprint density at radius 1 is 1.53 bits per heavy atom. The standard InChI is InChI=1S/C11H16BrNOS/c12-10-6-9(8-15-10)7-13-11(4-5-14)2-1-3-11/h6,8,13-14H,1-5,7H2. The molecule has 0 bridgehead atoms. The lowest BCUT2D eigenvalue weighted by Gasteiger charge is -2.42. The van der Waals surface area contributed by atoms with E-state index in [-0.39, 0.29) is 5.54 Å². The van der Waals surface area contributed by atoms with E-state index in [1.807, 2.05) is 0 Å². The smallest absolute Gasteiger partial charge is 0.0701 e. The SMILES string of the molecule is OCCC1(NCc2csc(Br)c2)CCC1. The van der Waals surface area contributed by atoms with E-state index in [0.29, 0.717) is 6.61 Å². The van der Waals surface area contributed by atoms with Gasteiger partial charge >= 0.3 is 0 Å². The fourth-order valence-electron chi connectivity index (χ4n) is 2.06. The highest BCUT2D eigenvalue weighted by atomic mass is 79.9. The second-order valence-electron chi connectivity index (χ2n) is 4.22. The second-order valence-corrected chi connectivity index (χ2v) is 6.51. The monoisotopic (exact) mass is 289 g/mol. The second kappa shape index (κ2) is 4.95. The van der Waals surface area contributed by atoms with Crippen LogP contribution in [0.5, 0.6) is 0 Å². The molecule has 0 aromatic carbocycles. The third-order valence-electron chi connectivity index (χ3n) is 3.19. The van der Waals surface area contributed by atoms with Gasteiger partial charge in [-0.2, -0.15) is 0 Å². The lowest BCUT2D eigenvalue weighted by molar-refractivity contribution is 0.130. The molecule has 1 heterocycles. The van der Waals surface area contributed by atoms with Gasteiger partial charge in [0.2, 0.25) is 0 Å². The summed E-state index contributed by atoms with van der Waals surface area (Å²) in [6.45, 7) is 1.21. The number of halogens is 1. The van der Waals surface area contributed by atoms with E-state index < -0.39 is 0 Å². The van der Waals surface area contributed by atoms with Crippen LogP contribution in [0.3, 0.4) is 0 Å². The summed E-state index contributed by atoms with van der Waals surface area (Å²) in [5, 5.41) is 14.8. The van der Waals surface area contributed by atoms with Crippen molar-refractivity contribution in [2.24, 2.45) is 0 Å². The van der Waals surface area contributed by atoms with E-state index in [1.54, 1.807) is 11.3 Å². The molecule has 4 heteroatoms. The molecule has 1 aromatic rings. The normalized spacial score (nSPS) is 18.8. The van der Waals surface area contributed by atoms with Crippen molar-refractivity contribution in [3.05, 3.63) is 20.8 Å². The molecule has 0 amide bonds. The van der Waals surface area contributed by atoms with E-state index >= 15 is 0 Å². The van der Waals surface area contributed by atoms with Crippen LogP contribution >= 0.6 is 27.3 Å². The Morgan fingerprint density at radius 2 is 2.33 bits per heavy atom. The number of nitrogens with one attached hydrogen (secondary N) is 1. The number of hydrogen-bond donors (Lipinski definition) is 2. The van der Waals surface area contributed by atoms with Crippen LogP contribution in [0.25, 0.3) is 0 Å². The van der Waals surface area contributed by atoms with E-state index in [4.69, 9.17) is 5.11 Å². The molecule has 1 aliphatic rings. The summed E-state index contributed by atoms with van der Waals surface area (Å²) in [5.74, 6) is 0. The van der Waals surface area contributed by atoms with Crippen molar-refractivity contribution in [1.82, 2.24) is 5.32 Å². The molecular weight excluding hydrogens is 274 g/mol. The van der Waals surface area contributed by atoms with E-state index in [9.17, 15) is 0 Å². The Morgan fingerprint density at radius 3 is 2.80 bits per heavy atom. The van der Waals surface area contributed by atoms with Gasteiger partial charge in [-0.3, -0.25) is 0 Å². The lowest BCUT2D eigenvalue weighted by Crippen LogP contribution is -2.51. The molecule has 84 valence electrons. The molecule has 0 spiro atoms. The van der Waals surface area contributed by atoms with Crippen LogP contribution in [0.2, 0.25) is 0 Å². The Hall–Kier alpha value is 0.100. The largest absolute Gasteiger partial charge is 0.396 e. The molecule has 2 nitrogen and oxygen atoms in total. The number of hydrogen-bond acceptors (Lipinski definition) is 3. The van der Waals surface area contributed by atoms with Gasteiger partial charge in [-0.15, -0.1) is 11.3 Å². The molecule has 2 rings (SSSR count). The van der Waals surface area contributed by atoms with Gasteiger partial charge in [0, 0.05) is 18.7 Å². The molecule has 1 fully saturated rings. The molecule has 2 N–H and O–H groups in total. The minimum Gasteiger partial charge on any atom is -0.396 e. The van der Waals surface area contributed by atoms with Crippen molar-refractivity contribution >= 4 is 27.3 Å². The van der Waals surface area contributed by atoms with Crippen molar-refractivity contribution in [3.8, 4) is 0 Å². The van der Waals surface area contributed by atoms with Crippen LogP contribution in [-0.4, -0.2) is 17.3 Å². The highest BCUT2D eigenvalue weighted by Crippen LogP contribution is 2.35. The first-order valence-electron chi connectivity index (χ1n) is 5.33. The topological polar surface area (TPSA) is 32.3 Å². The van der Waals surface area contributed by atoms with Gasteiger partial charge in [0.25, 0.3) is 0 Å². The summed E-state index contributed by atoms with van der Waals surface area (Å²) in [7, 11) is 0. The van der Waals surface area contributed by atoms with Crippen LogP contribution in [0.4, 0.5) is 0 Å². The fraction of sp³-hybridized carbons (Fsp3) is 0.636. The van der Waals surface area contributed by atoms with Crippen molar-refractivity contribution in [1.29, 1.82) is 0 Å². The summed E-state index contributed by atoms with van der Waals surface area (Å²) in [5.41, 5.74) is 1.56. The molecule has 0 aliphatic heterocycles. The number of rotatable bonds is 5. The molecule has 1 aromatic heterocycles. The molecule has 0 saturated heterocycles. The maximum Gasteiger partial charge on any atom is 0.0701 e. The molecule has 1 saturated carbocycles. The van der Waals surface area contributed by atoms with Gasteiger partial charge in [-0.05, 0) is 58.6 Å². The number of thiophene rings is 1. The summed E-state index contributed by atoms with van der Waals surface area (Å²) in [6.07, 6.45) is 4.59. The third-order valence-corrected chi connectivity index (χ3v) is 4.74. The lowest BCUT2D eigenvalue weighted by atomic mass is 9.74. The molecular formula is C11H16BrNOS. The minimum absolute atomic E-state index is 0.225. The molecule has 0 radical (unpaired) electrons. The van der Waals surface area contributed by atoms with Gasteiger partial charge < -0.3 is 10.4 Å². The van der Waals surface area contributed by atoms with Gasteiger partial charge in [0.1, 0.15) is 0 Å². The molecule has 0 unspecified atom stereocenters. The Labute approximate surface area is 103 Å². The first-order valence-corrected chi connectivity index (χ1v) is 7.00. The van der Waals surface area contributed by atoms with Crippen molar-refractivity contribution in [2.75, 3.05) is 6.61 Å². The molecule has 0 atom stereocenters. The van der Waals surface area contributed by atoms with Gasteiger partial charge in [0.05, 0.1) is 3.79 Å². The zero-order valence-corrected chi connectivity index (χ0v) is 11.0. The Kier molecular flexibility index (Phi) is 3.83. The molecule has 15 heavy (non-hydrogen) atoms. The van der Waals surface area contributed by atoms with Crippen molar-refractivity contribution in [2.45, 2.75) is 37.8 Å². The molecule has 1 aliphatic carbocycles. The zero-order valence-electron chi connectivity index (χ0n) is 8.63. The minimum atomic E-state index is 0.225. The predicted octanol–water partition coefficient (Wildman–Crippen LogP) is 2.91. The number of aliphatic hydroxyl groups is 1. The quantitative estimate of drug-likeness (QED) is 0.874. The first kappa shape index (κ1) is 11.6. The Balaban J connectivity index is 1.86. The van der Waals surface area contributed by atoms with E-state index in [1.165, 1.54) is 28.6 Å². The van der Waals surface area contributed by atoms with Crippen LogP contribution in [-0.2, 0) is 6.54 Å². The van der Waals surface area contributed by atoms with Crippen molar-refractivity contribution in [3.63, 3.8) is 0 Å². The summed E-state index contributed by atoms with van der Waals surface area (Å²) in [6, 6.07) is 2.16. The van der Waals surface area contributed by atoms with Crippen LogP contribution in [0.15, 0.2) is 15.2 Å². The highest BCUT2D eigenvalue weighted by Gasteiger charge is 2.35. The number of aliphatic hydroxyl groups excluding tert-OH is 1. The summed E-state index contributed by atoms with van der Waals surface area (Å²) in [4.78, 5) is 0. The summed E-state index contributed by atoms with van der Waals surface area (Å²) < 4.78 is 1.18. The first-order chi connectivity index (χ1) is 7.24. The summed E-state index contributed by atoms with van der Waals surface area (Å²) >= 11 is 5.19. The van der Waals surface area contributed by atoms with Gasteiger partial charge in [0.15, 0.2) is 0 Å². The van der Waals surface area contributed by atoms with Gasteiger partial charge in [-0.25, -0.2) is 0 Å². The maximum absolute atomic E-state index is 9.02. The highest BCUT2D eigenvalue weighted by molar-refractivity contribution is 9.11. The Bertz CT molecular complexity index is 322. The van der Waals surface area contributed by atoms with Gasteiger partial charge in [-0.1, -0.05) is 0 Å². The average Bonchev–Trinajstić information content (AvgIpc) is 2.56. The average molecular weight is 290 g/mol. The van der Waals surface area contributed by atoms with Crippen LogP contribution in [0.1, 0.15) is 31.2 Å². The van der Waals surface area contributed by atoms with E-state index in [0.717, 1.165) is 13.0 Å². The maximum atomic E-state index is 9.02. The predicted molar refractivity (Wildman–Crippen MR) is 67.1 cm³/mol. The van der Waals surface area contributed by atoms with Crippen LogP contribution < -0.4 is 5.32 Å². The van der Waals surface area contributed by atoms with E-state index in [2.05, 4.69) is 32.7 Å². The zero-order chi connectivity index (χ0) is 10.7. The third kappa shape index (κ3) is 2.81. The van der Waals surface area contributed by atoms with Crippen molar-refractivity contribution < 1.29 is 5.11 Å².